The molecule has 3 aliphatic rings. The van der Waals surface area contributed by atoms with Gasteiger partial charge in [0.15, 0.2) is 23.2 Å². The zero-order valence-electron chi connectivity index (χ0n) is 17.5. The Labute approximate surface area is 184 Å². The van der Waals surface area contributed by atoms with Crippen LogP contribution >= 0.6 is 0 Å². The largest absolute Gasteiger partial charge is 0.449 e. The molecule has 0 radical (unpaired) electrons. The number of aromatic nitrogens is 4. The molecule has 0 bridgehead atoms. The van der Waals surface area contributed by atoms with Crippen molar-refractivity contribution < 1.29 is 24.5 Å². The number of aliphatic hydroxyl groups excluding tert-OH is 2. The highest BCUT2D eigenvalue weighted by molar-refractivity contribution is 5.82. The maximum atomic E-state index is 12.2. The number of ether oxygens (including phenoxy) is 2. The highest BCUT2D eigenvalue weighted by atomic mass is 16.6. The van der Waals surface area contributed by atoms with Gasteiger partial charge in [0.25, 0.3) is 0 Å². The Kier molecular flexibility index (Phi) is 5.58. The molecule has 170 valence electrons. The fourth-order valence-corrected chi connectivity index (χ4v) is 4.14. The number of likely N-dealkylation sites (tertiary alicyclic amines) is 1. The summed E-state index contributed by atoms with van der Waals surface area (Å²) in [5.74, 6) is 3.44. The van der Waals surface area contributed by atoms with Gasteiger partial charge in [-0.05, 0) is 31.6 Å². The van der Waals surface area contributed by atoms with Gasteiger partial charge in [0.1, 0.15) is 24.6 Å². The van der Waals surface area contributed by atoms with E-state index < -0.39 is 24.5 Å². The van der Waals surface area contributed by atoms with Crippen molar-refractivity contribution >= 4 is 23.1 Å². The normalized spacial score (nSPS) is 28.6. The number of aliphatic hydroxyl groups is 2. The number of nitrogens with one attached hydrogen (secondary N) is 1. The van der Waals surface area contributed by atoms with Crippen LogP contribution in [0.5, 0.6) is 0 Å². The van der Waals surface area contributed by atoms with E-state index in [-0.39, 0.29) is 12.1 Å². The lowest BCUT2D eigenvalue weighted by atomic mass is 10.1. The Hall–Kier alpha value is -2.94. The maximum absolute atomic E-state index is 12.2. The summed E-state index contributed by atoms with van der Waals surface area (Å²) in [6, 6.07) is 0.117. The molecule has 1 aliphatic carbocycles. The van der Waals surface area contributed by atoms with Crippen LogP contribution in [0.3, 0.4) is 0 Å². The number of hydrogen-bond donors (Lipinski definition) is 3. The van der Waals surface area contributed by atoms with Crippen LogP contribution < -0.4 is 5.32 Å². The van der Waals surface area contributed by atoms with Gasteiger partial charge in [0.2, 0.25) is 0 Å². The van der Waals surface area contributed by atoms with Crippen molar-refractivity contribution in [2.75, 3.05) is 25.0 Å². The molecule has 4 heterocycles. The minimum absolute atomic E-state index is 0.117. The number of hydrogen-bond acceptors (Lipinski definition) is 9. The molecule has 0 aromatic carbocycles. The van der Waals surface area contributed by atoms with E-state index in [0.717, 1.165) is 25.7 Å². The van der Waals surface area contributed by atoms with Gasteiger partial charge >= 0.3 is 6.09 Å². The van der Waals surface area contributed by atoms with Crippen LogP contribution in [0.1, 0.15) is 31.9 Å². The number of piperidine rings is 1. The summed E-state index contributed by atoms with van der Waals surface area (Å²) in [6.07, 6.45) is 7.63. The highest BCUT2D eigenvalue weighted by Gasteiger charge is 2.43. The molecule has 32 heavy (non-hydrogen) atoms. The number of anilines is 1. The molecule has 0 spiro atoms. The summed E-state index contributed by atoms with van der Waals surface area (Å²) >= 11 is 0. The number of amides is 1. The van der Waals surface area contributed by atoms with Gasteiger partial charge in [-0.1, -0.05) is 5.92 Å². The minimum Gasteiger partial charge on any atom is -0.449 e. The van der Waals surface area contributed by atoms with Gasteiger partial charge in [0, 0.05) is 19.1 Å². The van der Waals surface area contributed by atoms with Crippen molar-refractivity contribution in [1.29, 1.82) is 0 Å². The van der Waals surface area contributed by atoms with Crippen LogP contribution in [0.25, 0.3) is 11.2 Å². The van der Waals surface area contributed by atoms with Gasteiger partial charge < -0.3 is 29.9 Å². The number of imidazole rings is 1. The molecule has 2 saturated heterocycles. The van der Waals surface area contributed by atoms with Crippen molar-refractivity contribution in [3.05, 3.63) is 12.7 Å². The van der Waals surface area contributed by atoms with Crippen molar-refractivity contribution in [2.24, 2.45) is 5.92 Å². The monoisotopic (exact) mass is 442 g/mol. The van der Waals surface area contributed by atoms with Gasteiger partial charge in [-0.3, -0.25) is 4.57 Å². The first-order chi connectivity index (χ1) is 15.5. The van der Waals surface area contributed by atoms with Crippen LogP contribution in [0.15, 0.2) is 12.7 Å². The third kappa shape index (κ3) is 3.97. The molecule has 2 aromatic rings. The quantitative estimate of drug-likeness (QED) is 0.566. The molecular weight excluding hydrogens is 416 g/mol. The number of carbonyl (C=O) groups excluding carboxylic acids is 1. The zero-order chi connectivity index (χ0) is 22.2. The molecule has 11 nitrogen and oxygen atoms in total. The molecule has 3 N–H and O–H groups in total. The predicted molar refractivity (Wildman–Crippen MR) is 112 cm³/mol. The van der Waals surface area contributed by atoms with E-state index in [4.69, 9.17) is 15.9 Å². The van der Waals surface area contributed by atoms with E-state index >= 15 is 0 Å². The maximum Gasteiger partial charge on any atom is 0.409 e. The summed E-state index contributed by atoms with van der Waals surface area (Å²) in [5.41, 5.74) is 0.978. The second-order valence-corrected chi connectivity index (χ2v) is 8.57. The lowest BCUT2D eigenvalue weighted by Gasteiger charge is -2.32. The Balaban J connectivity index is 1.24. The van der Waals surface area contributed by atoms with Gasteiger partial charge in [-0.25, -0.2) is 19.7 Å². The van der Waals surface area contributed by atoms with Crippen LogP contribution in [0.2, 0.25) is 0 Å². The summed E-state index contributed by atoms with van der Waals surface area (Å²) in [7, 11) is 0. The minimum atomic E-state index is -1.20. The molecule has 2 aromatic heterocycles. The summed E-state index contributed by atoms with van der Waals surface area (Å²) in [5, 5.41) is 23.8. The first kappa shape index (κ1) is 20.9. The average molecular weight is 442 g/mol. The van der Waals surface area contributed by atoms with Crippen LogP contribution in [-0.2, 0) is 9.47 Å². The van der Waals surface area contributed by atoms with Crippen molar-refractivity contribution in [3.8, 4) is 12.3 Å². The van der Waals surface area contributed by atoms with Crippen LogP contribution in [0, 0.1) is 18.3 Å². The fraction of sp³-hybridized carbons (Fsp3) is 0.619. The molecule has 5 rings (SSSR count). The first-order valence-electron chi connectivity index (χ1n) is 10.9. The molecule has 1 saturated carbocycles. The number of terminal acetylenes is 1. The van der Waals surface area contributed by atoms with E-state index in [0.29, 0.717) is 42.6 Å². The molecule has 4 atom stereocenters. The Morgan fingerprint density at radius 2 is 2.00 bits per heavy atom. The zero-order valence-corrected chi connectivity index (χ0v) is 17.5. The summed E-state index contributed by atoms with van der Waals surface area (Å²) in [4.78, 5) is 26.9. The van der Waals surface area contributed by atoms with E-state index in [1.54, 1.807) is 9.47 Å². The topological polar surface area (TPSA) is 135 Å². The Morgan fingerprint density at radius 1 is 1.22 bits per heavy atom. The number of nitrogens with zero attached hydrogens (tertiary/aromatic N) is 5. The van der Waals surface area contributed by atoms with E-state index in [1.165, 1.54) is 12.7 Å². The van der Waals surface area contributed by atoms with Crippen LogP contribution in [0.4, 0.5) is 10.6 Å². The Morgan fingerprint density at radius 3 is 2.69 bits per heavy atom. The standard InChI is InChI=1S/C21H26N6O5/c1-2-14-16(28)17(29)20(32-14)27-11-24-15-18(22-10-23-19(15)27)25-13-5-7-26(8-6-13)21(30)31-9-12-3-4-12/h1,10-14,16-17,20,28-29H,3-9H2,(H,22,23,25)/t14-,16-,17+,20-/m1/s1. The molecule has 3 fully saturated rings. The van der Waals surface area contributed by atoms with Gasteiger partial charge in [0.05, 0.1) is 12.9 Å². The van der Waals surface area contributed by atoms with Crippen LogP contribution in [-0.4, -0.2) is 84.8 Å². The molecule has 2 aliphatic heterocycles. The first-order valence-corrected chi connectivity index (χ1v) is 10.9. The molecule has 0 unspecified atom stereocenters. The highest BCUT2D eigenvalue weighted by Crippen LogP contribution is 2.32. The second-order valence-electron chi connectivity index (χ2n) is 8.57. The number of fused-ring (bicyclic) bond motifs is 1. The predicted octanol–water partition coefficient (Wildman–Crippen LogP) is 0.502. The van der Waals surface area contributed by atoms with E-state index in [1.807, 2.05) is 0 Å². The smallest absolute Gasteiger partial charge is 0.409 e. The summed E-state index contributed by atoms with van der Waals surface area (Å²) < 4.78 is 12.5. The van der Waals surface area contributed by atoms with Crippen molar-refractivity contribution in [3.63, 3.8) is 0 Å². The third-order valence-electron chi connectivity index (χ3n) is 6.27. The third-order valence-corrected chi connectivity index (χ3v) is 6.27. The molecule has 11 heteroatoms. The summed E-state index contributed by atoms with van der Waals surface area (Å²) in [6.45, 7) is 1.74. The van der Waals surface area contributed by atoms with Gasteiger partial charge in [-0.2, -0.15) is 0 Å². The second kappa shape index (κ2) is 8.54. The average Bonchev–Trinajstić information content (AvgIpc) is 3.48. The van der Waals surface area contributed by atoms with Crippen molar-refractivity contribution in [2.45, 2.75) is 56.3 Å². The molecular formula is C21H26N6O5. The fourth-order valence-electron chi connectivity index (χ4n) is 4.14. The lowest BCUT2D eigenvalue weighted by molar-refractivity contribution is -0.0230. The van der Waals surface area contributed by atoms with Gasteiger partial charge in [-0.15, -0.1) is 6.42 Å². The number of carbonyl (C=O) groups is 1. The van der Waals surface area contributed by atoms with Crippen molar-refractivity contribution in [1.82, 2.24) is 24.4 Å². The Bertz CT molecular complexity index is 1030. The molecule has 1 amide bonds. The van der Waals surface area contributed by atoms with E-state index in [9.17, 15) is 15.0 Å². The van der Waals surface area contributed by atoms with E-state index in [2.05, 4.69) is 26.2 Å². The lowest BCUT2D eigenvalue weighted by Crippen LogP contribution is -2.42. The number of rotatable bonds is 5. The SMILES string of the molecule is C#C[C@H]1O[C@@H](n2cnc3c(NC4CCN(C(=O)OCC5CC5)CC4)ncnc32)[C@@H](O)[C@@H]1O.